The van der Waals surface area contributed by atoms with E-state index in [4.69, 9.17) is 16.3 Å². The van der Waals surface area contributed by atoms with Crippen molar-refractivity contribution < 1.29 is 9.13 Å². The second kappa shape index (κ2) is 5.75. The second-order valence-corrected chi connectivity index (χ2v) is 5.23. The summed E-state index contributed by atoms with van der Waals surface area (Å²) in [4.78, 5) is 3.98. The number of methoxy groups -OCH3 is 1. The van der Waals surface area contributed by atoms with Crippen LogP contribution in [0.25, 0.3) is 0 Å². The van der Waals surface area contributed by atoms with E-state index in [1.165, 1.54) is 19.4 Å². The van der Waals surface area contributed by atoms with Crippen molar-refractivity contribution in [2.75, 3.05) is 12.4 Å². The summed E-state index contributed by atoms with van der Waals surface area (Å²) in [5.41, 5.74) is 1.47. The van der Waals surface area contributed by atoms with Crippen LogP contribution in [0.3, 0.4) is 0 Å². The molecule has 3 nitrogen and oxygen atoms in total. The normalized spacial score (nSPS) is 10.4. The first-order valence-corrected chi connectivity index (χ1v) is 6.60. The third-order valence-corrected chi connectivity index (χ3v) is 3.38. The van der Waals surface area contributed by atoms with E-state index < -0.39 is 5.82 Å². The Balaban J connectivity index is 2.40. The Morgan fingerprint density at radius 2 is 2.11 bits per heavy atom. The van der Waals surface area contributed by atoms with Gasteiger partial charge in [-0.15, -0.1) is 0 Å². The molecule has 6 heteroatoms. The minimum absolute atomic E-state index is 0.128. The van der Waals surface area contributed by atoms with Crippen molar-refractivity contribution in [3.63, 3.8) is 0 Å². The van der Waals surface area contributed by atoms with Crippen molar-refractivity contribution >= 4 is 39.0 Å². The van der Waals surface area contributed by atoms with Crippen molar-refractivity contribution in [1.29, 1.82) is 0 Å². The van der Waals surface area contributed by atoms with E-state index in [1.807, 2.05) is 6.92 Å². The topological polar surface area (TPSA) is 34.1 Å². The second-order valence-electron chi connectivity index (χ2n) is 3.91. The Kier molecular flexibility index (Phi) is 4.27. The molecule has 1 aromatic heterocycles. The highest BCUT2D eigenvalue weighted by molar-refractivity contribution is 9.10. The first-order chi connectivity index (χ1) is 9.01. The molecular formula is C13H11BrClFN2O. The molecule has 0 spiro atoms. The summed E-state index contributed by atoms with van der Waals surface area (Å²) in [5.74, 6) is 0.201. The number of ether oxygens (including phenoxy) is 1. The molecule has 2 rings (SSSR count). The first kappa shape index (κ1) is 14.1. The summed E-state index contributed by atoms with van der Waals surface area (Å²) in [6.07, 6.45) is 1.51. The van der Waals surface area contributed by atoms with E-state index in [1.54, 1.807) is 12.1 Å². The summed E-state index contributed by atoms with van der Waals surface area (Å²) < 4.78 is 19.5. The van der Waals surface area contributed by atoms with E-state index >= 15 is 0 Å². The van der Waals surface area contributed by atoms with Crippen LogP contribution in [0.4, 0.5) is 15.9 Å². The van der Waals surface area contributed by atoms with Crippen LogP contribution >= 0.6 is 27.5 Å². The number of anilines is 2. The Labute approximate surface area is 123 Å². The van der Waals surface area contributed by atoms with Crippen molar-refractivity contribution in [2.45, 2.75) is 6.92 Å². The quantitative estimate of drug-likeness (QED) is 0.875. The zero-order valence-corrected chi connectivity index (χ0v) is 12.6. The van der Waals surface area contributed by atoms with Crippen LogP contribution in [0.1, 0.15) is 5.56 Å². The third-order valence-electron chi connectivity index (χ3n) is 2.54. The molecule has 1 heterocycles. The van der Waals surface area contributed by atoms with Crippen LogP contribution in [-0.2, 0) is 0 Å². The molecule has 0 radical (unpaired) electrons. The fourth-order valence-electron chi connectivity index (χ4n) is 1.56. The molecule has 0 fully saturated rings. The molecule has 0 aliphatic heterocycles. The standard InChI is InChI=1S/C13H11BrClFN2O/c1-7-3-11(12(19-2)5-9(7)15)18-13-10(16)4-8(14)6-17-13/h3-6H,1-2H3,(H,17,18). The van der Waals surface area contributed by atoms with Crippen LogP contribution < -0.4 is 10.1 Å². The number of halogens is 3. The van der Waals surface area contributed by atoms with E-state index in [9.17, 15) is 4.39 Å². The Morgan fingerprint density at radius 3 is 2.74 bits per heavy atom. The number of benzene rings is 1. The lowest BCUT2D eigenvalue weighted by molar-refractivity contribution is 0.416. The number of hydrogen-bond acceptors (Lipinski definition) is 3. The summed E-state index contributed by atoms with van der Waals surface area (Å²) in [7, 11) is 1.53. The van der Waals surface area contributed by atoms with Gasteiger partial charge in [0.25, 0.3) is 0 Å². The van der Waals surface area contributed by atoms with Gasteiger partial charge in [-0.2, -0.15) is 0 Å². The fraction of sp³-hybridized carbons (Fsp3) is 0.154. The van der Waals surface area contributed by atoms with Gasteiger partial charge < -0.3 is 10.1 Å². The maximum Gasteiger partial charge on any atom is 0.166 e. The van der Waals surface area contributed by atoms with Gasteiger partial charge in [0.15, 0.2) is 11.6 Å². The van der Waals surface area contributed by atoms with Gasteiger partial charge in [0, 0.05) is 21.8 Å². The van der Waals surface area contributed by atoms with Crippen molar-refractivity contribution in [3.05, 3.63) is 45.3 Å². The van der Waals surface area contributed by atoms with Crippen molar-refractivity contribution in [3.8, 4) is 5.75 Å². The highest BCUT2D eigenvalue weighted by atomic mass is 79.9. The number of rotatable bonds is 3. The molecule has 0 amide bonds. The van der Waals surface area contributed by atoms with Crippen molar-refractivity contribution in [1.82, 2.24) is 4.98 Å². The number of hydrogen-bond donors (Lipinski definition) is 1. The predicted molar refractivity (Wildman–Crippen MR) is 77.9 cm³/mol. The van der Waals surface area contributed by atoms with E-state index in [-0.39, 0.29) is 5.82 Å². The van der Waals surface area contributed by atoms with Crippen LogP contribution in [0.5, 0.6) is 5.75 Å². The minimum atomic E-state index is -0.455. The average Bonchev–Trinajstić information content (AvgIpc) is 2.36. The minimum Gasteiger partial charge on any atom is -0.495 e. The lowest BCUT2D eigenvalue weighted by Crippen LogP contribution is -2.00. The Bertz CT molecular complexity index is 622. The number of aryl methyl sites for hydroxylation is 1. The maximum atomic E-state index is 13.7. The molecule has 0 saturated heterocycles. The van der Waals surface area contributed by atoms with E-state index in [0.717, 1.165) is 5.56 Å². The van der Waals surface area contributed by atoms with Crippen LogP contribution in [0.15, 0.2) is 28.9 Å². The molecule has 0 bridgehead atoms. The van der Waals surface area contributed by atoms with Crippen LogP contribution in [-0.4, -0.2) is 12.1 Å². The summed E-state index contributed by atoms with van der Waals surface area (Å²) in [6, 6.07) is 4.80. The van der Waals surface area contributed by atoms with Crippen LogP contribution in [0.2, 0.25) is 5.02 Å². The molecule has 0 saturated carbocycles. The summed E-state index contributed by atoms with van der Waals surface area (Å²) >= 11 is 9.17. The summed E-state index contributed by atoms with van der Waals surface area (Å²) in [5, 5.41) is 3.49. The molecule has 0 aliphatic rings. The Morgan fingerprint density at radius 1 is 1.37 bits per heavy atom. The Hall–Kier alpha value is -1.33. The molecule has 19 heavy (non-hydrogen) atoms. The molecule has 100 valence electrons. The van der Waals surface area contributed by atoms with E-state index in [2.05, 4.69) is 26.2 Å². The van der Waals surface area contributed by atoms with Gasteiger partial charge in [0.1, 0.15) is 5.75 Å². The molecule has 2 aromatic rings. The number of nitrogens with zero attached hydrogens (tertiary/aromatic N) is 1. The van der Waals surface area contributed by atoms with Gasteiger partial charge in [0.05, 0.1) is 12.8 Å². The molecule has 0 atom stereocenters. The lowest BCUT2D eigenvalue weighted by atomic mass is 10.2. The lowest BCUT2D eigenvalue weighted by Gasteiger charge is -2.13. The van der Waals surface area contributed by atoms with Gasteiger partial charge in [0.2, 0.25) is 0 Å². The highest BCUT2D eigenvalue weighted by Gasteiger charge is 2.10. The van der Waals surface area contributed by atoms with Crippen molar-refractivity contribution in [2.24, 2.45) is 0 Å². The molecule has 1 N–H and O–H groups in total. The zero-order chi connectivity index (χ0) is 14.0. The fourth-order valence-corrected chi connectivity index (χ4v) is 2.02. The summed E-state index contributed by atoms with van der Waals surface area (Å²) in [6.45, 7) is 1.86. The largest absolute Gasteiger partial charge is 0.495 e. The van der Waals surface area contributed by atoms with Gasteiger partial charge in [-0.05, 0) is 40.5 Å². The molecular weight excluding hydrogens is 335 g/mol. The SMILES string of the molecule is COc1cc(Cl)c(C)cc1Nc1ncc(Br)cc1F. The smallest absolute Gasteiger partial charge is 0.166 e. The van der Waals surface area contributed by atoms with Gasteiger partial charge in [-0.25, -0.2) is 9.37 Å². The third kappa shape index (κ3) is 3.16. The van der Waals surface area contributed by atoms with Gasteiger partial charge >= 0.3 is 0 Å². The van der Waals surface area contributed by atoms with Gasteiger partial charge in [-0.3, -0.25) is 0 Å². The number of pyridine rings is 1. The molecule has 0 unspecified atom stereocenters. The monoisotopic (exact) mass is 344 g/mol. The number of aromatic nitrogens is 1. The number of nitrogens with one attached hydrogen (secondary N) is 1. The highest BCUT2D eigenvalue weighted by Crippen LogP contribution is 2.33. The zero-order valence-electron chi connectivity index (χ0n) is 10.3. The van der Waals surface area contributed by atoms with Gasteiger partial charge in [-0.1, -0.05) is 11.6 Å². The first-order valence-electron chi connectivity index (χ1n) is 5.43. The average molecular weight is 346 g/mol. The van der Waals surface area contributed by atoms with Crippen LogP contribution in [0, 0.1) is 12.7 Å². The predicted octanol–water partition coefficient (Wildman–Crippen LogP) is 4.70. The molecule has 1 aromatic carbocycles. The molecule has 0 aliphatic carbocycles. The maximum absolute atomic E-state index is 13.7. The van der Waals surface area contributed by atoms with E-state index in [0.29, 0.717) is 20.9 Å².